The molecule has 0 saturated carbocycles. The standard InChI is InChI=1S/C21H21NOS2/c1-16-7-5-8-17(13-16)14-24-15-20(23)22-21(19-11-6-12-25-19)18-9-3-2-4-10-18/h2-13,21H,14-15H2,1H3,(H,22,23). The molecule has 1 aromatic heterocycles. The van der Waals surface area contributed by atoms with Crippen molar-refractivity contribution in [3.05, 3.63) is 93.7 Å². The van der Waals surface area contributed by atoms with E-state index in [1.54, 1.807) is 23.1 Å². The summed E-state index contributed by atoms with van der Waals surface area (Å²) in [5.41, 5.74) is 3.63. The summed E-state index contributed by atoms with van der Waals surface area (Å²) in [5, 5.41) is 5.23. The molecular formula is C21H21NOS2. The molecule has 2 aromatic carbocycles. The maximum absolute atomic E-state index is 12.5. The van der Waals surface area contributed by atoms with Crippen molar-refractivity contribution >= 4 is 29.0 Å². The average Bonchev–Trinajstić information content (AvgIpc) is 3.15. The fraction of sp³-hybridized carbons (Fsp3) is 0.190. The van der Waals surface area contributed by atoms with Crippen LogP contribution in [-0.2, 0) is 10.5 Å². The lowest BCUT2D eigenvalue weighted by atomic mass is 10.1. The minimum atomic E-state index is -0.0757. The Labute approximate surface area is 157 Å². The molecule has 1 N–H and O–H groups in total. The third-order valence-electron chi connectivity index (χ3n) is 3.85. The largest absolute Gasteiger partial charge is 0.344 e. The quantitative estimate of drug-likeness (QED) is 0.622. The molecule has 25 heavy (non-hydrogen) atoms. The summed E-state index contributed by atoms with van der Waals surface area (Å²) in [7, 11) is 0. The Hall–Kier alpha value is -2.04. The van der Waals surface area contributed by atoms with Gasteiger partial charge in [-0.2, -0.15) is 0 Å². The molecule has 3 rings (SSSR count). The van der Waals surface area contributed by atoms with E-state index in [-0.39, 0.29) is 11.9 Å². The Kier molecular flexibility index (Phi) is 6.31. The normalized spacial score (nSPS) is 11.9. The zero-order chi connectivity index (χ0) is 17.5. The molecule has 128 valence electrons. The van der Waals surface area contributed by atoms with E-state index >= 15 is 0 Å². The summed E-state index contributed by atoms with van der Waals surface area (Å²) in [6, 6.07) is 22.6. The number of hydrogen-bond acceptors (Lipinski definition) is 3. The Morgan fingerprint density at radius 3 is 2.64 bits per heavy atom. The molecule has 0 radical (unpaired) electrons. The third kappa shape index (κ3) is 5.21. The van der Waals surface area contributed by atoms with Crippen molar-refractivity contribution in [1.82, 2.24) is 5.32 Å². The van der Waals surface area contributed by atoms with Crippen LogP contribution >= 0.6 is 23.1 Å². The van der Waals surface area contributed by atoms with Gasteiger partial charge >= 0.3 is 0 Å². The van der Waals surface area contributed by atoms with Crippen LogP contribution in [0.25, 0.3) is 0 Å². The van der Waals surface area contributed by atoms with Crippen molar-refractivity contribution in [3.8, 4) is 0 Å². The summed E-state index contributed by atoms with van der Waals surface area (Å²) < 4.78 is 0. The molecule has 3 aromatic rings. The minimum Gasteiger partial charge on any atom is -0.344 e. The summed E-state index contributed by atoms with van der Waals surface area (Å²) in [6.07, 6.45) is 0. The average molecular weight is 368 g/mol. The summed E-state index contributed by atoms with van der Waals surface area (Å²) >= 11 is 3.32. The van der Waals surface area contributed by atoms with Crippen molar-refractivity contribution < 1.29 is 4.79 Å². The van der Waals surface area contributed by atoms with E-state index in [9.17, 15) is 4.79 Å². The first-order valence-electron chi connectivity index (χ1n) is 8.23. The number of nitrogens with one attached hydrogen (secondary N) is 1. The predicted molar refractivity (Wildman–Crippen MR) is 108 cm³/mol. The monoisotopic (exact) mass is 367 g/mol. The van der Waals surface area contributed by atoms with E-state index < -0.39 is 0 Å². The van der Waals surface area contributed by atoms with Crippen LogP contribution in [0.5, 0.6) is 0 Å². The van der Waals surface area contributed by atoms with E-state index in [0.717, 1.165) is 16.2 Å². The highest BCUT2D eigenvalue weighted by Crippen LogP contribution is 2.26. The van der Waals surface area contributed by atoms with Crippen LogP contribution in [-0.4, -0.2) is 11.7 Å². The van der Waals surface area contributed by atoms with E-state index in [2.05, 4.69) is 54.7 Å². The second-order valence-electron chi connectivity index (χ2n) is 5.91. The van der Waals surface area contributed by atoms with E-state index in [1.807, 2.05) is 29.6 Å². The van der Waals surface area contributed by atoms with Crippen LogP contribution in [0, 0.1) is 6.92 Å². The van der Waals surface area contributed by atoms with E-state index in [4.69, 9.17) is 0 Å². The number of aryl methyl sites for hydroxylation is 1. The van der Waals surface area contributed by atoms with Crippen LogP contribution < -0.4 is 5.32 Å². The summed E-state index contributed by atoms with van der Waals surface area (Å²) in [5.74, 6) is 1.38. The molecule has 1 heterocycles. The lowest BCUT2D eigenvalue weighted by Crippen LogP contribution is -2.30. The number of rotatable bonds is 7. The highest BCUT2D eigenvalue weighted by atomic mass is 32.2. The van der Waals surface area contributed by atoms with Crippen molar-refractivity contribution in [3.63, 3.8) is 0 Å². The summed E-state index contributed by atoms with van der Waals surface area (Å²) in [6.45, 7) is 2.09. The second-order valence-corrected chi connectivity index (χ2v) is 7.87. The zero-order valence-electron chi connectivity index (χ0n) is 14.1. The maximum atomic E-state index is 12.5. The highest BCUT2D eigenvalue weighted by molar-refractivity contribution is 7.99. The van der Waals surface area contributed by atoms with Gasteiger partial charge in [0.15, 0.2) is 0 Å². The molecule has 0 aliphatic carbocycles. The van der Waals surface area contributed by atoms with Gasteiger partial charge < -0.3 is 5.32 Å². The van der Waals surface area contributed by atoms with Gasteiger partial charge in [0.2, 0.25) is 5.91 Å². The lowest BCUT2D eigenvalue weighted by molar-refractivity contribution is -0.119. The second kappa shape index (κ2) is 8.88. The van der Waals surface area contributed by atoms with Gasteiger partial charge in [-0.05, 0) is 29.5 Å². The van der Waals surface area contributed by atoms with Crippen LogP contribution in [0.4, 0.5) is 0 Å². The van der Waals surface area contributed by atoms with Gasteiger partial charge in [-0.25, -0.2) is 0 Å². The summed E-state index contributed by atoms with van der Waals surface area (Å²) in [4.78, 5) is 13.6. The number of thioether (sulfide) groups is 1. The third-order valence-corrected chi connectivity index (χ3v) is 5.79. The first kappa shape index (κ1) is 17.8. The first-order valence-corrected chi connectivity index (χ1v) is 10.3. The number of carbonyl (C=O) groups is 1. The van der Waals surface area contributed by atoms with Crippen LogP contribution in [0.1, 0.15) is 27.6 Å². The van der Waals surface area contributed by atoms with E-state index in [1.165, 1.54) is 11.1 Å². The number of benzene rings is 2. The van der Waals surface area contributed by atoms with Crippen LogP contribution in [0.3, 0.4) is 0 Å². The van der Waals surface area contributed by atoms with Gasteiger partial charge in [-0.3, -0.25) is 4.79 Å². The SMILES string of the molecule is Cc1cccc(CSCC(=O)NC(c2ccccc2)c2cccs2)c1. The molecule has 0 bridgehead atoms. The molecule has 1 atom stereocenters. The molecular weight excluding hydrogens is 346 g/mol. The molecule has 1 amide bonds. The van der Waals surface area contributed by atoms with Crippen LogP contribution in [0.2, 0.25) is 0 Å². The Morgan fingerprint density at radius 2 is 1.92 bits per heavy atom. The molecule has 0 saturated heterocycles. The van der Waals surface area contributed by atoms with Gasteiger partial charge in [-0.1, -0.05) is 66.2 Å². The molecule has 0 fully saturated rings. The Balaban J connectivity index is 1.59. The first-order chi connectivity index (χ1) is 12.2. The smallest absolute Gasteiger partial charge is 0.230 e. The predicted octanol–water partition coefficient (Wildman–Crippen LogP) is 5.20. The maximum Gasteiger partial charge on any atom is 0.230 e. The van der Waals surface area contributed by atoms with Gasteiger partial charge in [0.1, 0.15) is 0 Å². The van der Waals surface area contributed by atoms with Crippen molar-refractivity contribution in [1.29, 1.82) is 0 Å². The number of hydrogen-bond donors (Lipinski definition) is 1. The van der Waals surface area contributed by atoms with Crippen molar-refractivity contribution in [2.45, 2.75) is 18.7 Å². The topological polar surface area (TPSA) is 29.1 Å². The molecule has 0 aliphatic heterocycles. The highest BCUT2D eigenvalue weighted by Gasteiger charge is 2.17. The fourth-order valence-electron chi connectivity index (χ4n) is 2.69. The van der Waals surface area contributed by atoms with Crippen molar-refractivity contribution in [2.24, 2.45) is 0 Å². The molecule has 0 spiro atoms. The lowest BCUT2D eigenvalue weighted by Gasteiger charge is -2.18. The van der Waals surface area contributed by atoms with Crippen LogP contribution in [0.15, 0.2) is 72.1 Å². The number of thiophene rings is 1. The number of carbonyl (C=O) groups excluding carboxylic acids is 1. The zero-order valence-corrected chi connectivity index (χ0v) is 15.8. The molecule has 1 unspecified atom stereocenters. The van der Waals surface area contributed by atoms with E-state index in [0.29, 0.717) is 5.75 Å². The van der Waals surface area contributed by atoms with Gasteiger partial charge in [0.05, 0.1) is 11.8 Å². The minimum absolute atomic E-state index is 0.0694. The molecule has 4 heteroatoms. The fourth-order valence-corrected chi connectivity index (χ4v) is 4.27. The van der Waals surface area contributed by atoms with Gasteiger partial charge in [-0.15, -0.1) is 23.1 Å². The Morgan fingerprint density at radius 1 is 1.08 bits per heavy atom. The van der Waals surface area contributed by atoms with Gasteiger partial charge in [0, 0.05) is 10.6 Å². The molecule has 2 nitrogen and oxygen atoms in total. The number of amides is 1. The Bertz CT molecular complexity index is 800. The molecule has 0 aliphatic rings. The van der Waals surface area contributed by atoms with Crippen molar-refractivity contribution in [2.75, 3.05) is 5.75 Å². The van der Waals surface area contributed by atoms with Gasteiger partial charge in [0.25, 0.3) is 0 Å².